The van der Waals surface area contributed by atoms with E-state index in [-0.39, 0.29) is 0 Å². The predicted octanol–water partition coefficient (Wildman–Crippen LogP) is 3.80. The largest absolute Gasteiger partial charge is 0.481 e. The topological polar surface area (TPSA) is 75.6 Å². The summed E-state index contributed by atoms with van der Waals surface area (Å²) in [5.74, 6) is -0.906. The molecular weight excluding hydrogens is 294 g/mol. The summed E-state index contributed by atoms with van der Waals surface area (Å²) in [5.41, 5.74) is -0.627. The Labute approximate surface area is 128 Å². The van der Waals surface area contributed by atoms with Crippen molar-refractivity contribution in [3.05, 3.63) is 28.8 Å². The van der Waals surface area contributed by atoms with Gasteiger partial charge in [-0.2, -0.15) is 0 Å². The lowest BCUT2D eigenvalue weighted by Gasteiger charge is -2.21. The van der Waals surface area contributed by atoms with Crippen molar-refractivity contribution in [2.45, 2.75) is 44.6 Å². The van der Waals surface area contributed by atoms with Gasteiger partial charge < -0.3 is 9.84 Å². The van der Waals surface area contributed by atoms with Crippen LogP contribution < -0.4 is 5.32 Å². The molecule has 0 unspecified atom stereocenters. The van der Waals surface area contributed by atoms with Gasteiger partial charge in [-0.05, 0) is 57.4 Å². The van der Waals surface area contributed by atoms with Crippen LogP contribution in [-0.4, -0.2) is 22.8 Å². The minimum atomic E-state index is -0.949. The first kappa shape index (κ1) is 15.6. The molecule has 0 bridgehead atoms. The molecule has 1 aromatic carbocycles. The van der Waals surface area contributed by atoms with Crippen molar-refractivity contribution < 1.29 is 19.4 Å². The molecule has 21 heavy (non-hydrogen) atoms. The predicted molar refractivity (Wildman–Crippen MR) is 79.9 cm³/mol. The van der Waals surface area contributed by atoms with E-state index in [0.717, 1.165) is 0 Å². The second-order valence-electron chi connectivity index (χ2n) is 6.20. The average Bonchev–Trinajstić information content (AvgIpc) is 3.10. The lowest BCUT2D eigenvalue weighted by Crippen LogP contribution is -2.28. The summed E-state index contributed by atoms with van der Waals surface area (Å²) in [6.45, 7) is 5.28. The molecular formula is C15H18ClNO4. The van der Waals surface area contributed by atoms with Gasteiger partial charge in [-0.1, -0.05) is 11.6 Å². The number of benzene rings is 1. The van der Waals surface area contributed by atoms with Gasteiger partial charge in [-0.3, -0.25) is 10.1 Å². The summed E-state index contributed by atoms with van der Waals surface area (Å²) in [7, 11) is 0. The second kappa shape index (κ2) is 5.22. The molecule has 1 amide bonds. The molecule has 5 nitrogen and oxygen atoms in total. The summed E-state index contributed by atoms with van der Waals surface area (Å²) < 4.78 is 5.19. The number of carboxylic acid groups (broad SMARTS) is 1. The number of amides is 1. The monoisotopic (exact) mass is 311 g/mol. The highest BCUT2D eigenvalue weighted by Gasteiger charge is 2.53. The minimum Gasteiger partial charge on any atom is -0.481 e. The number of nitrogens with one attached hydrogen (secondary N) is 1. The first-order valence-corrected chi connectivity index (χ1v) is 7.05. The summed E-state index contributed by atoms with van der Waals surface area (Å²) in [6, 6.07) is 4.80. The molecule has 2 N–H and O–H groups in total. The van der Waals surface area contributed by atoms with Crippen LogP contribution in [0.2, 0.25) is 5.02 Å². The van der Waals surface area contributed by atoms with E-state index < -0.39 is 23.1 Å². The molecule has 1 aliphatic rings. The van der Waals surface area contributed by atoms with Gasteiger partial charge in [0.05, 0.1) is 5.41 Å². The van der Waals surface area contributed by atoms with Crippen molar-refractivity contribution in [1.82, 2.24) is 0 Å². The number of rotatable bonds is 3. The Kier molecular flexibility index (Phi) is 3.89. The number of hydrogen-bond donors (Lipinski definition) is 2. The Morgan fingerprint density at radius 1 is 1.33 bits per heavy atom. The third-order valence-corrected chi connectivity index (χ3v) is 3.53. The molecule has 1 fully saturated rings. The zero-order chi connectivity index (χ0) is 15.8. The summed E-state index contributed by atoms with van der Waals surface area (Å²) in [6.07, 6.45) is 0.449. The van der Waals surface area contributed by atoms with Crippen LogP contribution >= 0.6 is 11.6 Å². The van der Waals surface area contributed by atoms with Gasteiger partial charge >= 0.3 is 12.1 Å². The van der Waals surface area contributed by atoms with E-state index in [1.165, 1.54) is 0 Å². The van der Waals surface area contributed by atoms with Gasteiger partial charge in [-0.25, -0.2) is 4.79 Å². The standard InChI is InChI=1S/C15H18ClNO4/c1-14(2,3)21-13(20)17-11-5-4-9(16)8-10(11)15(6-7-15)12(18)19/h4-5,8H,6-7H2,1-3H3,(H,17,20)(H,18,19). The van der Waals surface area contributed by atoms with Crippen molar-refractivity contribution >= 4 is 29.4 Å². The van der Waals surface area contributed by atoms with Crippen LogP contribution in [0.5, 0.6) is 0 Å². The number of anilines is 1. The van der Waals surface area contributed by atoms with E-state index in [1.807, 2.05) is 0 Å². The quantitative estimate of drug-likeness (QED) is 0.890. The third-order valence-electron chi connectivity index (χ3n) is 3.29. The molecule has 0 atom stereocenters. The smallest absolute Gasteiger partial charge is 0.412 e. The first-order valence-electron chi connectivity index (χ1n) is 6.67. The molecule has 1 aliphatic carbocycles. The van der Waals surface area contributed by atoms with E-state index >= 15 is 0 Å². The number of carbonyl (C=O) groups excluding carboxylic acids is 1. The molecule has 1 saturated carbocycles. The van der Waals surface area contributed by atoms with Gasteiger partial charge in [0.15, 0.2) is 0 Å². The molecule has 0 aliphatic heterocycles. The molecule has 0 heterocycles. The number of halogens is 1. The Morgan fingerprint density at radius 2 is 1.95 bits per heavy atom. The van der Waals surface area contributed by atoms with Gasteiger partial charge in [0.2, 0.25) is 0 Å². The van der Waals surface area contributed by atoms with Crippen LogP contribution in [0.25, 0.3) is 0 Å². The maximum Gasteiger partial charge on any atom is 0.412 e. The van der Waals surface area contributed by atoms with E-state index in [4.69, 9.17) is 16.3 Å². The maximum absolute atomic E-state index is 11.9. The molecule has 1 aromatic rings. The maximum atomic E-state index is 11.9. The van der Waals surface area contributed by atoms with Crippen LogP contribution in [0.4, 0.5) is 10.5 Å². The molecule has 0 saturated heterocycles. The third kappa shape index (κ3) is 3.47. The SMILES string of the molecule is CC(C)(C)OC(=O)Nc1ccc(Cl)cc1C1(C(=O)O)CC1. The van der Waals surface area contributed by atoms with E-state index in [1.54, 1.807) is 39.0 Å². The van der Waals surface area contributed by atoms with Crippen molar-refractivity contribution in [2.75, 3.05) is 5.32 Å². The number of hydrogen-bond acceptors (Lipinski definition) is 3. The van der Waals surface area contributed by atoms with Gasteiger partial charge in [0.1, 0.15) is 5.60 Å². The highest BCUT2D eigenvalue weighted by molar-refractivity contribution is 6.30. The lowest BCUT2D eigenvalue weighted by molar-refractivity contribution is -0.140. The fourth-order valence-corrected chi connectivity index (χ4v) is 2.33. The van der Waals surface area contributed by atoms with E-state index in [2.05, 4.69) is 5.32 Å². The minimum absolute atomic E-state index is 0.425. The summed E-state index contributed by atoms with van der Waals surface area (Å²) >= 11 is 5.96. The van der Waals surface area contributed by atoms with Crippen LogP contribution in [0.3, 0.4) is 0 Å². The van der Waals surface area contributed by atoms with E-state index in [9.17, 15) is 14.7 Å². The van der Waals surface area contributed by atoms with Gasteiger partial charge in [0, 0.05) is 10.7 Å². The number of carboxylic acids is 1. The molecule has 114 valence electrons. The Hall–Kier alpha value is -1.75. The van der Waals surface area contributed by atoms with Crippen LogP contribution in [0, 0.1) is 0 Å². The average molecular weight is 312 g/mol. The van der Waals surface area contributed by atoms with E-state index in [0.29, 0.717) is 29.1 Å². The molecule has 0 aromatic heterocycles. The van der Waals surface area contributed by atoms with Gasteiger partial charge in [-0.15, -0.1) is 0 Å². The molecule has 6 heteroatoms. The molecule has 0 spiro atoms. The normalized spacial score (nSPS) is 16.2. The number of aliphatic carboxylic acids is 1. The van der Waals surface area contributed by atoms with Crippen LogP contribution in [0.1, 0.15) is 39.2 Å². The Bertz CT molecular complexity index is 588. The lowest BCUT2D eigenvalue weighted by atomic mass is 9.94. The highest BCUT2D eigenvalue weighted by atomic mass is 35.5. The van der Waals surface area contributed by atoms with Crippen molar-refractivity contribution in [3.63, 3.8) is 0 Å². The number of ether oxygens (including phenoxy) is 1. The zero-order valence-corrected chi connectivity index (χ0v) is 13.0. The molecule has 2 rings (SSSR count). The zero-order valence-electron chi connectivity index (χ0n) is 12.2. The van der Waals surface area contributed by atoms with Crippen LogP contribution in [0.15, 0.2) is 18.2 Å². The second-order valence-corrected chi connectivity index (χ2v) is 6.64. The fraction of sp³-hybridized carbons (Fsp3) is 0.467. The Morgan fingerprint density at radius 3 is 2.43 bits per heavy atom. The Balaban J connectivity index is 2.29. The fourth-order valence-electron chi connectivity index (χ4n) is 2.16. The van der Waals surface area contributed by atoms with Crippen molar-refractivity contribution in [1.29, 1.82) is 0 Å². The van der Waals surface area contributed by atoms with Crippen LogP contribution in [-0.2, 0) is 14.9 Å². The van der Waals surface area contributed by atoms with Crippen molar-refractivity contribution in [2.24, 2.45) is 0 Å². The summed E-state index contributed by atoms with van der Waals surface area (Å²) in [4.78, 5) is 23.3. The van der Waals surface area contributed by atoms with Gasteiger partial charge in [0.25, 0.3) is 0 Å². The highest BCUT2D eigenvalue weighted by Crippen LogP contribution is 2.51. The molecule has 0 radical (unpaired) electrons. The number of carbonyl (C=O) groups is 2. The van der Waals surface area contributed by atoms with Crippen molar-refractivity contribution in [3.8, 4) is 0 Å². The summed E-state index contributed by atoms with van der Waals surface area (Å²) in [5, 5.41) is 12.5. The first-order chi connectivity index (χ1) is 9.64.